The van der Waals surface area contributed by atoms with Crippen LogP contribution in [0.1, 0.15) is 22.3 Å². The smallest absolute Gasteiger partial charge is 0.296 e. The van der Waals surface area contributed by atoms with Crippen molar-refractivity contribution in [2.24, 2.45) is 4.99 Å². The predicted molar refractivity (Wildman–Crippen MR) is 183 cm³/mol. The fraction of sp³-hybridized carbons (Fsp3) is 0.188. The van der Waals surface area contributed by atoms with Crippen molar-refractivity contribution in [1.82, 2.24) is 4.90 Å². The maximum atomic E-state index is 13.7. The Hall–Kier alpha value is -4.73. The van der Waals surface area contributed by atoms with E-state index >= 15 is 0 Å². The first-order valence-corrected chi connectivity index (χ1v) is 19.2. The number of anilines is 1. The minimum Gasteiger partial charge on any atom is -0.456 e. The number of benzene rings is 4. The molecule has 1 aliphatic carbocycles. The summed E-state index contributed by atoms with van der Waals surface area (Å²) in [5.74, 6) is -0.502. The lowest BCUT2D eigenvalue weighted by atomic mass is 9.90. The zero-order chi connectivity index (χ0) is 37.3. The van der Waals surface area contributed by atoms with Crippen LogP contribution in [0.3, 0.4) is 0 Å². The van der Waals surface area contributed by atoms with E-state index in [1.54, 1.807) is 12.1 Å². The molecule has 0 unspecified atom stereocenters. The predicted octanol–water partition coefficient (Wildman–Crippen LogP) is 3.62. The Morgan fingerprint density at radius 1 is 0.863 bits per heavy atom. The molecular weight excluding hydrogens is 731 g/mol. The number of nitrogens with two attached hydrogens (primary N) is 1. The second kappa shape index (κ2) is 14.5. The fourth-order valence-electron chi connectivity index (χ4n) is 5.49. The standard InChI is InChI=1S/C32H31N3O13S3/c1-35(13-4-14-47-37)32(36)22-6-3-2-5-21(22)31-23-15-29(50(41,42)43)25(33)17-27(23)48-28-18-26(30(16-24(28)31)51(44,45)46)34-12-11-19-7-9-20(10-8-19)49(38,39)40/h2-3,5-10,15-18,37H,4,11-14,33H2,1H3,(H,38,39,40)(H,41,42,43)(H,44,45,46). The Balaban J connectivity index is 1.76. The summed E-state index contributed by atoms with van der Waals surface area (Å²) >= 11 is 0. The summed E-state index contributed by atoms with van der Waals surface area (Å²) < 4.78 is 108. The Morgan fingerprint density at radius 3 is 2.16 bits per heavy atom. The Kier molecular flexibility index (Phi) is 10.7. The lowest BCUT2D eigenvalue weighted by Crippen LogP contribution is -2.28. The van der Waals surface area contributed by atoms with Gasteiger partial charge < -0.3 is 15.1 Å². The van der Waals surface area contributed by atoms with E-state index in [-0.39, 0.29) is 87.5 Å². The van der Waals surface area contributed by atoms with Crippen LogP contribution < -0.4 is 11.1 Å². The van der Waals surface area contributed by atoms with Crippen molar-refractivity contribution in [1.29, 1.82) is 0 Å². The maximum Gasteiger partial charge on any atom is 0.296 e. The molecule has 0 fully saturated rings. The van der Waals surface area contributed by atoms with Gasteiger partial charge in [-0.2, -0.15) is 25.3 Å². The summed E-state index contributed by atoms with van der Waals surface area (Å²) in [5, 5.41) is 8.48. The molecule has 0 atom stereocenters. The molecule has 3 aromatic carbocycles. The quantitative estimate of drug-likeness (QED) is 0.0304. The molecule has 19 heteroatoms. The van der Waals surface area contributed by atoms with Gasteiger partial charge in [0.1, 0.15) is 21.1 Å². The van der Waals surface area contributed by atoms with Crippen LogP contribution in [0, 0.1) is 0 Å². The molecule has 0 saturated heterocycles. The van der Waals surface area contributed by atoms with Gasteiger partial charge in [0.25, 0.3) is 36.3 Å². The van der Waals surface area contributed by atoms with E-state index in [1.807, 2.05) is 0 Å². The van der Waals surface area contributed by atoms with E-state index in [4.69, 9.17) is 15.4 Å². The molecule has 1 aliphatic heterocycles. The molecule has 0 aromatic heterocycles. The number of carbonyl (C=O) groups is 1. The highest BCUT2D eigenvalue weighted by Gasteiger charge is 2.28. The molecule has 6 N–H and O–H groups in total. The van der Waals surface area contributed by atoms with Gasteiger partial charge in [-0.15, -0.1) is 0 Å². The van der Waals surface area contributed by atoms with E-state index in [0.717, 1.165) is 18.2 Å². The van der Waals surface area contributed by atoms with E-state index in [2.05, 4.69) is 9.88 Å². The zero-order valence-electron chi connectivity index (χ0n) is 26.6. The van der Waals surface area contributed by atoms with Crippen LogP contribution in [0.2, 0.25) is 0 Å². The lowest BCUT2D eigenvalue weighted by Gasteiger charge is -2.22. The average molecular weight is 762 g/mol. The molecule has 51 heavy (non-hydrogen) atoms. The molecule has 1 amide bonds. The number of amides is 1. The molecule has 5 rings (SSSR count). The number of nitrogens with zero attached hydrogens (tertiary/aromatic N) is 2. The highest BCUT2D eigenvalue weighted by molar-refractivity contribution is 7.86. The van der Waals surface area contributed by atoms with Crippen LogP contribution in [-0.4, -0.2) is 81.7 Å². The van der Waals surface area contributed by atoms with Gasteiger partial charge in [-0.25, -0.2) is 4.89 Å². The van der Waals surface area contributed by atoms with Gasteiger partial charge in [-0.05, 0) is 54.3 Å². The van der Waals surface area contributed by atoms with Gasteiger partial charge in [0.05, 0.1) is 22.5 Å². The Labute approximate surface area is 292 Å². The highest BCUT2D eigenvalue weighted by atomic mass is 32.2. The van der Waals surface area contributed by atoms with Gasteiger partial charge in [0, 0.05) is 54.3 Å². The summed E-state index contributed by atoms with van der Waals surface area (Å²) in [6, 6.07) is 16.0. The van der Waals surface area contributed by atoms with Crippen LogP contribution in [0.25, 0.3) is 33.4 Å². The number of hydrogen-bond donors (Lipinski definition) is 5. The summed E-state index contributed by atoms with van der Waals surface area (Å²) in [4.78, 5) is 21.9. The zero-order valence-corrected chi connectivity index (χ0v) is 29.1. The van der Waals surface area contributed by atoms with Crippen molar-refractivity contribution in [2.45, 2.75) is 27.5 Å². The minimum absolute atomic E-state index is 0.00383. The van der Waals surface area contributed by atoms with Crippen molar-refractivity contribution < 1.29 is 58.3 Å². The van der Waals surface area contributed by atoms with Crippen LogP contribution in [0.15, 0.2) is 96.9 Å². The average Bonchev–Trinajstić information content (AvgIpc) is 3.05. The third kappa shape index (κ3) is 8.26. The minimum atomic E-state index is -4.98. The summed E-state index contributed by atoms with van der Waals surface area (Å²) in [6.07, 6.45) is 0.477. The molecule has 270 valence electrons. The maximum absolute atomic E-state index is 13.7. The molecule has 3 aromatic rings. The number of nitrogen functional groups attached to an aromatic ring is 1. The molecule has 1 heterocycles. The monoisotopic (exact) mass is 761 g/mol. The van der Waals surface area contributed by atoms with Gasteiger partial charge in [-0.1, -0.05) is 30.3 Å². The first-order valence-electron chi connectivity index (χ1n) is 14.9. The van der Waals surface area contributed by atoms with Gasteiger partial charge in [0.2, 0.25) is 0 Å². The SMILES string of the molecule is CN(CCCOO)C(=O)c1ccccc1-c1c2cc(S(=O)(=O)O)c(=NCCc3ccc(S(=O)(=O)O)cc3)cc-2oc2cc(N)c(S(=O)(=O)O)cc12. The summed E-state index contributed by atoms with van der Waals surface area (Å²) in [6.45, 7) is 0.0846. The number of rotatable bonds is 12. The largest absolute Gasteiger partial charge is 0.456 e. The Morgan fingerprint density at radius 2 is 1.53 bits per heavy atom. The van der Waals surface area contributed by atoms with E-state index < -0.39 is 46.1 Å². The van der Waals surface area contributed by atoms with Crippen LogP contribution in [0.4, 0.5) is 5.69 Å². The molecule has 0 bridgehead atoms. The molecule has 16 nitrogen and oxygen atoms in total. The normalized spacial score (nSPS) is 12.8. The highest BCUT2D eigenvalue weighted by Crippen LogP contribution is 2.43. The van der Waals surface area contributed by atoms with Crippen LogP contribution in [-0.2, 0) is 41.7 Å². The van der Waals surface area contributed by atoms with Gasteiger partial charge >= 0.3 is 0 Å². The number of fused-ring (bicyclic) bond motifs is 2. The van der Waals surface area contributed by atoms with E-state index in [1.165, 1.54) is 54.4 Å². The number of carbonyl (C=O) groups excluding carboxylic acids is 1. The third-order valence-corrected chi connectivity index (χ3v) is 10.6. The number of hydrogen-bond acceptors (Lipinski definition) is 12. The van der Waals surface area contributed by atoms with Crippen molar-refractivity contribution in [3.05, 3.63) is 89.3 Å². The van der Waals surface area contributed by atoms with E-state index in [0.29, 0.717) is 5.56 Å². The van der Waals surface area contributed by atoms with Crippen molar-refractivity contribution in [3.63, 3.8) is 0 Å². The fourth-order valence-corrected chi connectivity index (χ4v) is 7.24. The van der Waals surface area contributed by atoms with Crippen molar-refractivity contribution >= 4 is 52.9 Å². The van der Waals surface area contributed by atoms with E-state index in [9.17, 15) is 43.7 Å². The molecule has 0 spiro atoms. The molecule has 2 aliphatic rings. The van der Waals surface area contributed by atoms with Crippen LogP contribution in [0.5, 0.6) is 0 Å². The summed E-state index contributed by atoms with van der Waals surface area (Å²) in [7, 11) is -12.8. The Bertz CT molecular complexity index is 2520. The van der Waals surface area contributed by atoms with Gasteiger partial charge in [0.15, 0.2) is 0 Å². The second-order valence-corrected chi connectivity index (χ2v) is 15.5. The topological polar surface area (TPSA) is 264 Å². The first kappa shape index (κ1) is 37.5. The lowest BCUT2D eigenvalue weighted by molar-refractivity contribution is -0.242. The molecule has 0 radical (unpaired) electrons. The van der Waals surface area contributed by atoms with Gasteiger partial charge in [-0.3, -0.25) is 28.7 Å². The molecular formula is C32H31N3O13S3. The van der Waals surface area contributed by atoms with Crippen molar-refractivity contribution in [3.8, 4) is 22.5 Å². The van der Waals surface area contributed by atoms with Crippen LogP contribution >= 0.6 is 0 Å². The summed E-state index contributed by atoms with van der Waals surface area (Å²) in [5.41, 5.74) is 6.61. The molecule has 0 saturated carbocycles. The third-order valence-electron chi connectivity index (χ3n) is 7.89. The first-order chi connectivity index (χ1) is 23.9. The van der Waals surface area contributed by atoms with Crippen molar-refractivity contribution in [2.75, 3.05) is 32.5 Å². The second-order valence-electron chi connectivity index (χ2n) is 11.3.